The van der Waals surface area contributed by atoms with Gasteiger partial charge in [0.2, 0.25) is 0 Å². The van der Waals surface area contributed by atoms with E-state index in [-0.39, 0.29) is 12.6 Å². The Labute approximate surface area is 143 Å². The fourth-order valence-electron chi connectivity index (χ4n) is 3.80. The van der Waals surface area contributed by atoms with Crippen LogP contribution in [0.4, 0.5) is 0 Å². The molecule has 7 nitrogen and oxygen atoms in total. The zero-order valence-electron chi connectivity index (χ0n) is 14.7. The Balaban J connectivity index is 1.43. The van der Waals surface area contributed by atoms with Gasteiger partial charge in [-0.3, -0.25) is 9.80 Å². The third kappa shape index (κ3) is 4.34. The molecule has 2 fully saturated rings. The van der Waals surface area contributed by atoms with Gasteiger partial charge in [0.25, 0.3) is 0 Å². The van der Waals surface area contributed by atoms with Crippen molar-refractivity contribution in [3.63, 3.8) is 0 Å². The number of aryl methyl sites for hydroxylation is 1. The molecule has 0 saturated carbocycles. The van der Waals surface area contributed by atoms with Crippen LogP contribution < -0.4 is 0 Å². The van der Waals surface area contributed by atoms with Crippen molar-refractivity contribution in [2.24, 2.45) is 13.0 Å². The van der Waals surface area contributed by atoms with E-state index in [1.165, 1.54) is 0 Å². The van der Waals surface area contributed by atoms with Crippen LogP contribution in [0.3, 0.4) is 0 Å². The molecule has 0 amide bonds. The standard InChI is InChI=1S/C17H30N4O3/c1-19-8-14(18-12-19)9-21-5-3-13(4-6-21)7-20(2)15-10-24-11-16(22)17(15)23/h8,12-13,15-17,22-23H,3-7,9-11H2,1-2H3/t15-,16-,17+/m1/s1. The van der Waals surface area contributed by atoms with Crippen molar-refractivity contribution in [2.75, 3.05) is 39.9 Å². The second kappa shape index (κ2) is 7.93. The van der Waals surface area contributed by atoms with Gasteiger partial charge in [-0.1, -0.05) is 0 Å². The molecule has 0 aliphatic carbocycles. The van der Waals surface area contributed by atoms with E-state index in [1.807, 2.05) is 25.0 Å². The summed E-state index contributed by atoms with van der Waals surface area (Å²) in [5, 5.41) is 19.9. The molecular formula is C17H30N4O3. The number of nitrogens with zero attached hydrogens (tertiary/aromatic N) is 4. The molecule has 3 rings (SSSR count). The highest BCUT2D eigenvalue weighted by molar-refractivity contribution is 4.96. The van der Waals surface area contributed by atoms with Crippen molar-refractivity contribution in [2.45, 2.75) is 37.6 Å². The number of aromatic nitrogens is 2. The molecule has 0 spiro atoms. The zero-order chi connectivity index (χ0) is 17.1. The molecule has 2 aliphatic rings. The topological polar surface area (TPSA) is 74.0 Å². The van der Waals surface area contributed by atoms with Gasteiger partial charge in [0.05, 0.1) is 37.4 Å². The third-order valence-corrected chi connectivity index (χ3v) is 5.33. The summed E-state index contributed by atoms with van der Waals surface area (Å²) in [5.41, 5.74) is 1.13. The minimum Gasteiger partial charge on any atom is -0.389 e. The van der Waals surface area contributed by atoms with Crippen LogP contribution in [0.1, 0.15) is 18.5 Å². The van der Waals surface area contributed by atoms with Crippen LogP contribution in [-0.4, -0.2) is 87.7 Å². The van der Waals surface area contributed by atoms with Crippen LogP contribution in [-0.2, 0) is 18.3 Å². The summed E-state index contributed by atoms with van der Waals surface area (Å²) in [4.78, 5) is 9.02. The van der Waals surface area contributed by atoms with Crippen molar-refractivity contribution in [1.82, 2.24) is 19.4 Å². The van der Waals surface area contributed by atoms with E-state index in [0.29, 0.717) is 12.5 Å². The molecule has 136 valence electrons. The van der Waals surface area contributed by atoms with E-state index in [9.17, 15) is 10.2 Å². The number of piperidine rings is 1. The maximum atomic E-state index is 10.2. The Morgan fingerprint density at radius 3 is 2.71 bits per heavy atom. The Hall–Kier alpha value is -0.990. The highest BCUT2D eigenvalue weighted by Crippen LogP contribution is 2.22. The first kappa shape index (κ1) is 17.8. The Morgan fingerprint density at radius 2 is 2.04 bits per heavy atom. The third-order valence-electron chi connectivity index (χ3n) is 5.33. The van der Waals surface area contributed by atoms with Gasteiger partial charge >= 0.3 is 0 Å². The lowest BCUT2D eigenvalue weighted by molar-refractivity contribution is -0.130. The number of imidazole rings is 1. The van der Waals surface area contributed by atoms with E-state index < -0.39 is 12.2 Å². The number of rotatable bonds is 5. The van der Waals surface area contributed by atoms with Gasteiger partial charge in [-0.05, 0) is 38.9 Å². The van der Waals surface area contributed by atoms with Crippen molar-refractivity contribution in [1.29, 1.82) is 0 Å². The highest BCUT2D eigenvalue weighted by atomic mass is 16.5. The predicted molar refractivity (Wildman–Crippen MR) is 90.5 cm³/mol. The summed E-state index contributed by atoms with van der Waals surface area (Å²) in [6.45, 7) is 4.76. The number of likely N-dealkylation sites (tertiary alicyclic amines) is 1. The molecule has 0 aromatic carbocycles. The average Bonchev–Trinajstić information content (AvgIpc) is 2.97. The smallest absolute Gasteiger partial charge is 0.105 e. The summed E-state index contributed by atoms with van der Waals surface area (Å²) < 4.78 is 7.38. The van der Waals surface area contributed by atoms with Crippen molar-refractivity contribution in [3.8, 4) is 0 Å². The lowest BCUT2D eigenvalue weighted by Crippen LogP contribution is -2.56. The first-order valence-corrected chi connectivity index (χ1v) is 8.86. The predicted octanol–water partition coefficient (Wildman–Crippen LogP) is -0.315. The minimum absolute atomic E-state index is 0.111. The number of aliphatic hydroxyl groups is 2. The van der Waals surface area contributed by atoms with Crippen molar-refractivity contribution >= 4 is 0 Å². The van der Waals surface area contributed by atoms with Gasteiger partial charge in [-0.15, -0.1) is 0 Å². The largest absolute Gasteiger partial charge is 0.389 e. The number of aliphatic hydroxyl groups excluding tert-OH is 2. The molecule has 2 aliphatic heterocycles. The van der Waals surface area contributed by atoms with Crippen LogP contribution >= 0.6 is 0 Å². The van der Waals surface area contributed by atoms with Gasteiger partial charge in [-0.25, -0.2) is 4.98 Å². The Morgan fingerprint density at radius 1 is 1.29 bits per heavy atom. The van der Waals surface area contributed by atoms with Gasteiger partial charge < -0.3 is 19.5 Å². The lowest BCUT2D eigenvalue weighted by atomic mass is 9.94. The summed E-state index contributed by atoms with van der Waals surface area (Å²) in [6.07, 6.45) is 4.75. The number of hydrogen-bond acceptors (Lipinski definition) is 6. The van der Waals surface area contributed by atoms with Gasteiger partial charge in [-0.2, -0.15) is 0 Å². The maximum absolute atomic E-state index is 10.2. The number of likely N-dealkylation sites (N-methyl/N-ethyl adjacent to an activating group) is 1. The van der Waals surface area contributed by atoms with Crippen molar-refractivity contribution < 1.29 is 14.9 Å². The first-order valence-electron chi connectivity index (χ1n) is 8.86. The van der Waals surface area contributed by atoms with Gasteiger partial charge in [0.15, 0.2) is 0 Å². The monoisotopic (exact) mass is 338 g/mol. The first-order chi connectivity index (χ1) is 11.5. The van der Waals surface area contributed by atoms with Crippen LogP contribution in [0, 0.1) is 5.92 Å². The summed E-state index contributed by atoms with van der Waals surface area (Å²) >= 11 is 0. The van der Waals surface area contributed by atoms with Crippen LogP contribution in [0.5, 0.6) is 0 Å². The highest BCUT2D eigenvalue weighted by Gasteiger charge is 2.35. The fourth-order valence-corrected chi connectivity index (χ4v) is 3.80. The Bertz CT molecular complexity index is 516. The molecule has 24 heavy (non-hydrogen) atoms. The van der Waals surface area contributed by atoms with Crippen LogP contribution in [0.15, 0.2) is 12.5 Å². The lowest BCUT2D eigenvalue weighted by Gasteiger charge is -2.40. The summed E-state index contributed by atoms with van der Waals surface area (Å²) in [7, 11) is 4.02. The van der Waals surface area contributed by atoms with E-state index in [2.05, 4.69) is 21.0 Å². The molecule has 3 heterocycles. The second-order valence-electron chi connectivity index (χ2n) is 7.35. The quantitative estimate of drug-likeness (QED) is 0.767. The van der Waals surface area contributed by atoms with E-state index in [4.69, 9.17) is 4.74 Å². The second-order valence-corrected chi connectivity index (χ2v) is 7.35. The molecule has 3 atom stereocenters. The molecular weight excluding hydrogens is 308 g/mol. The SMILES string of the molecule is CN(CC1CCN(Cc2cn(C)cn2)CC1)[C@@H]1COC[C@@H](O)[C@H]1O. The normalized spacial score (nSPS) is 30.1. The van der Waals surface area contributed by atoms with Gasteiger partial charge in [0.1, 0.15) is 6.10 Å². The average molecular weight is 338 g/mol. The molecule has 2 saturated heterocycles. The molecule has 2 N–H and O–H groups in total. The fraction of sp³-hybridized carbons (Fsp3) is 0.824. The zero-order valence-corrected chi connectivity index (χ0v) is 14.7. The number of hydrogen-bond donors (Lipinski definition) is 2. The summed E-state index contributed by atoms with van der Waals surface area (Å²) in [5.74, 6) is 0.626. The number of ether oxygens (including phenoxy) is 1. The van der Waals surface area contributed by atoms with Gasteiger partial charge in [0, 0.05) is 26.3 Å². The molecule has 1 aromatic heterocycles. The minimum atomic E-state index is -0.772. The molecule has 1 aromatic rings. The molecule has 0 radical (unpaired) electrons. The van der Waals surface area contributed by atoms with E-state index >= 15 is 0 Å². The maximum Gasteiger partial charge on any atom is 0.105 e. The van der Waals surface area contributed by atoms with E-state index in [0.717, 1.165) is 44.7 Å². The molecule has 0 bridgehead atoms. The molecule has 0 unspecified atom stereocenters. The van der Waals surface area contributed by atoms with E-state index in [1.54, 1.807) is 0 Å². The van der Waals surface area contributed by atoms with Crippen molar-refractivity contribution in [3.05, 3.63) is 18.2 Å². The molecule has 7 heteroatoms. The summed E-state index contributed by atoms with van der Waals surface area (Å²) in [6, 6.07) is -0.111. The van der Waals surface area contributed by atoms with Crippen LogP contribution in [0.2, 0.25) is 0 Å². The van der Waals surface area contributed by atoms with Crippen LogP contribution in [0.25, 0.3) is 0 Å². The Kier molecular flexibility index (Phi) is 5.89.